The van der Waals surface area contributed by atoms with Gasteiger partial charge in [0.2, 0.25) is 0 Å². The lowest BCUT2D eigenvalue weighted by atomic mass is 10.1. The third kappa shape index (κ3) is 3.42. The van der Waals surface area contributed by atoms with Gasteiger partial charge in [-0.1, -0.05) is 11.6 Å². The third-order valence-electron chi connectivity index (χ3n) is 4.99. The van der Waals surface area contributed by atoms with Crippen molar-refractivity contribution in [3.8, 4) is 0 Å². The summed E-state index contributed by atoms with van der Waals surface area (Å²) in [5.41, 5.74) is 2.16. The van der Waals surface area contributed by atoms with Crippen LogP contribution in [0.5, 0.6) is 0 Å². The Kier molecular flexibility index (Phi) is 4.93. The number of rotatable bonds is 4. The number of fused-ring (bicyclic) bond motifs is 1. The first-order valence-electron chi connectivity index (χ1n) is 9.45. The Balaban J connectivity index is 1.54. The number of aromatic nitrogens is 4. The second kappa shape index (κ2) is 7.39. The highest BCUT2D eigenvalue weighted by Gasteiger charge is 2.27. The summed E-state index contributed by atoms with van der Waals surface area (Å²) in [4.78, 5) is 24.1. The van der Waals surface area contributed by atoms with E-state index in [1.54, 1.807) is 12.4 Å². The predicted molar refractivity (Wildman–Crippen MR) is 110 cm³/mol. The molecule has 1 fully saturated rings. The predicted octanol–water partition coefficient (Wildman–Crippen LogP) is 3.38. The van der Waals surface area contributed by atoms with Gasteiger partial charge in [0.05, 0.1) is 22.2 Å². The van der Waals surface area contributed by atoms with Gasteiger partial charge in [0.15, 0.2) is 5.65 Å². The van der Waals surface area contributed by atoms with Crippen molar-refractivity contribution in [1.82, 2.24) is 25.1 Å². The first-order valence-corrected chi connectivity index (χ1v) is 9.83. The minimum absolute atomic E-state index is 0.0363. The zero-order valence-electron chi connectivity index (χ0n) is 16.2. The van der Waals surface area contributed by atoms with Gasteiger partial charge in [0, 0.05) is 37.1 Å². The van der Waals surface area contributed by atoms with Crippen molar-refractivity contribution in [3.05, 3.63) is 46.9 Å². The quantitative estimate of drug-likeness (QED) is 0.729. The van der Waals surface area contributed by atoms with Crippen molar-refractivity contribution in [1.29, 1.82) is 0 Å². The maximum absolute atomic E-state index is 13.0. The molecule has 1 N–H and O–H groups in total. The van der Waals surface area contributed by atoms with Crippen LogP contribution in [-0.4, -0.2) is 44.8 Å². The molecule has 8 heteroatoms. The molecular formula is C20H23ClN6O. The van der Waals surface area contributed by atoms with Crippen molar-refractivity contribution < 1.29 is 4.79 Å². The van der Waals surface area contributed by atoms with Gasteiger partial charge >= 0.3 is 0 Å². The van der Waals surface area contributed by atoms with E-state index in [-0.39, 0.29) is 18.0 Å². The minimum atomic E-state index is -0.0993. The van der Waals surface area contributed by atoms with Crippen LogP contribution in [-0.2, 0) is 0 Å². The molecule has 1 atom stereocenters. The monoisotopic (exact) mass is 398 g/mol. The maximum atomic E-state index is 13.0. The van der Waals surface area contributed by atoms with Crippen molar-refractivity contribution in [2.75, 3.05) is 18.0 Å². The lowest BCUT2D eigenvalue weighted by Crippen LogP contribution is -2.37. The number of carbonyl (C=O) groups is 1. The van der Waals surface area contributed by atoms with E-state index < -0.39 is 0 Å². The Morgan fingerprint density at radius 2 is 2.21 bits per heavy atom. The molecule has 0 aliphatic carbocycles. The molecule has 1 amide bonds. The zero-order chi connectivity index (χ0) is 19.8. The SMILES string of the molecule is Cc1cc(C(=O)NC2CCN(c3ncccc3Cl)C2)c2cnn(C(C)C)c2n1. The Morgan fingerprint density at radius 3 is 2.96 bits per heavy atom. The topological polar surface area (TPSA) is 75.9 Å². The van der Waals surface area contributed by atoms with Gasteiger partial charge < -0.3 is 10.2 Å². The standard InChI is InChI=1S/C20H23ClN6O/c1-12(2)27-18-16(10-23-27)15(9-13(3)24-18)20(28)25-14-6-8-26(11-14)19-17(21)5-4-7-22-19/h4-5,7,9-10,12,14H,6,8,11H2,1-3H3,(H,25,28). The first kappa shape index (κ1) is 18.7. The maximum Gasteiger partial charge on any atom is 0.252 e. The number of carbonyl (C=O) groups excluding carboxylic acids is 1. The van der Waals surface area contributed by atoms with Crippen LogP contribution in [0.15, 0.2) is 30.6 Å². The average Bonchev–Trinajstić information content (AvgIpc) is 3.28. The van der Waals surface area contributed by atoms with E-state index in [1.807, 2.05) is 43.7 Å². The Bertz CT molecular complexity index is 1030. The number of anilines is 1. The van der Waals surface area contributed by atoms with Gasteiger partial charge in [0.25, 0.3) is 5.91 Å². The van der Waals surface area contributed by atoms with E-state index in [9.17, 15) is 4.79 Å². The largest absolute Gasteiger partial charge is 0.353 e. The van der Waals surface area contributed by atoms with Gasteiger partial charge in [-0.05, 0) is 45.4 Å². The third-order valence-corrected chi connectivity index (χ3v) is 5.29. The van der Waals surface area contributed by atoms with Crippen LogP contribution in [0.25, 0.3) is 11.0 Å². The van der Waals surface area contributed by atoms with Crippen LogP contribution >= 0.6 is 11.6 Å². The normalized spacial score (nSPS) is 16.9. The van der Waals surface area contributed by atoms with Crippen LogP contribution in [0.2, 0.25) is 5.02 Å². The highest BCUT2D eigenvalue weighted by Crippen LogP contribution is 2.26. The summed E-state index contributed by atoms with van der Waals surface area (Å²) in [6.07, 6.45) is 4.30. The lowest BCUT2D eigenvalue weighted by Gasteiger charge is -2.19. The van der Waals surface area contributed by atoms with E-state index in [2.05, 4.69) is 25.3 Å². The molecule has 0 bridgehead atoms. The summed E-state index contributed by atoms with van der Waals surface area (Å²) < 4.78 is 1.85. The van der Waals surface area contributed by atoms with Gasteiger partial charge in [-0.2, -0.15) is 5.10 Å². The highest BCUT2D eigenvalue weighted by molar-refractivity contribution is 6.32. The fraction of sp³-hybridized carbons (Fsp3) is 0.400. The molecule has 4 heterocycles. The van der Waals surface area contributed by atoms with Crippen LogP contribution < -0.4 is 10.2 Å². The van der Waals surface area contributed by atoms with E-state index in [4.69, 9.17) is 11.6 Å². The molecule has 0 saturated carbocycles. The van der Waals surface area contributed by atoms with E-state index in [0.29, 0.717) is 17.1 Å². The molecule has 0 aromatic carbocycles. The van der Waals surface area contributed by atoms with Crippen LogP contribution in [0, 0.1) is 6.92 Å². The number of nitrogens with zero attached hydrogens (tertiary/aromatic N) is 5. The van der Waals surface area contributed by atoms with Gasteiger partial charge in [0.1, 0.15) is 5.82 Å². The Labute approximate surface area is 168 Å². The van der Waals surface area contributed by atoms with E-state index in [1.165, 1.54) is 0 Å². The van der Waals surface area contributed by atoms with Crippen molar-refractivity contribution in [2.45, 2.75) is 39.3 Å². The number of aryl methyl sites for hydroxylation is 1. The summed E-state index contributed by atoms with van der Waals surface area (Å²) in [5.74, 6) is 0.666. The smallest absolute Gasteiger partial charge is 0.252 e. The van der Waals surface area contributed by atoms with Crippen molar-refractivity contribution in [2.24, 2.45) is 0 Å². The minimum Gasteiger partial charge on any atom is -0.353 e. The lowest BCUT2D eigenvalue weighted by molar-refractivity contribution is 0.0942. The van der Waals surface area contributed by atoms with Gasteiger partial charge in [-0.3, -0.25) is 4.79 Å². The summed E-state index contributed by atoms with van der Waals surface area (Å²) in [5, 5.41) is 8.98. The fourth-order valence-corrected chi connectivity index (χ4v) is 3.89. The van der Waals surface area contributed by atoms with Crippen LogP contribution in [0.3, 0.4) is 0 Å². The van der Waals surface area contributed by atoms with Gasteiger partial charge in [-0.25, -0.2) is 14.6 Å². The number of pyridine rings is 2. The van der Waals surface area contributed by atoms with Crippen molar-refractivity contribution in [3.63, 3.8) is 0 Å². The fourth-order valence-electron chi connectivity index (χ4n) is 3.65. The molecule has 146 valence electrons. The number of halogens is 1. The summed E-state index contributed by atoms with van der Waals surface area (Å²) in [6, 6.07) is 5.68. The second-order valence-corrected chi connectivity index (χ2v) is 7.85. The number of hydrogen-bond acceptors (Lipinski definition) is 5. The zero-order valence-corrected chi connectivity index (χ0v) is 16.9. The molecule has 3 aromatic heterocycles. The van der Waals surface area contributed by atoms with E-state index in [0.717, 1.165) is 35.5 Å². The van der Waals surface area contributed by atoms with E-state index >= 15 is 0 Å². The molecule has 1 aliphatic heterocycles. The molecule has 0 radical (unpaired) electrons. The van der Waals surface area contributed by atoms with Crippen LogP contribution in [0.4, 0.5) is 5.82 Å². The molecule has 3 aromatic rings. The molecule has 1 aliphatic rings. The van der Waals surface area contributed by atoms with Crippen molar-refractivity contribution >= 4 is 34.4 Å². The molecule has 7 nitrogen and oxygen atoms in total. The first-order chi connectivity index (χ1) is 13.4. The second-order valence-electron chi connectivity index (χ2n) is 7.45. The summed E-state index contributed by atoms with van der Waals surface area (Å²) in [6.45, 7) is 7.48. The Hall–Kier alpha value is -2.67. The van der Waals surface area contributed by atoms with Gasteiger partial charge in [-0.15, -0.1) is 0 Å². The van der Waals surface area contributed by atoms with Crippen LogP contribution in [0.1, 0.15) is 42.4 Å². The molecule has 1 unspecified atom stereocenters. The molecule has 4 rings (SSSR count). The molecule has 28 heavy (non-hydrogen) atoms. The molecule has 1 saturated heterocycles. The number of nitrogens with one attached hydrogen (secondary N) is 1. The highest BCUT2D eigenvalue weighted by atomic mass is 35.5. The summed E-state index contributed by atoms with van der Waals surface area (Å²) >= 11 is 6.26. The average molecular weight is 399 g/mol. The summed E-state index contributed by atoms with van der Waals surface area (Å²) in [7, 11) is 0. The molecular weight excluding hydrogens is 376 g/mol. The Morgan fingerprint density at radius 1 is 1.39 bits per heavy atom. The number of hydrogen-bond donors (Lipinski definition) is 1. The number of amides is 1. The molecule has 0 spiro atoms.